The number of benzene rings is 4. The van der Waals surface area contributed by atoms with Crippen molar-refractivity contribution in [3.63, 3.8) is 0 Å². The molecule has 1 N–H and O–H groups in total. The molecule has 2 atom stereocenters. The minimum atomic E-state index is -4.17. The summed E-state index contributed by atoms with van der Waals surface area (Å²) in [6.07, 6.45) is 0.975. The van der Waals surface area contributed by atoms with Crippen LogP contribution in [0.15, 0.2) is 114 Å². The van der Waals surface area contributed by atoms with Crippen LogP contribution >= 0.6 is 11.6 Å². The molecule has 0 aliphatic carbocycles. The fraction of sp³-hybridized carbons (Fsp3) is 0.257. The molecule has 0 fully saturated rings. The van der Waals surface area contributed by atoms with Crippen molar-refractivity contribution in [2.24, 2.45) is 0 Å². The number of hydrogen-bond donors (Lipinski definition) is 1. The molecule has 0 aliphatic heterocycles. The molecule has 0 bridgehead atoms. The summed E-state index contributed by atoms with van der Waals surface area (Å²) in [5, 5.41) is 3.48. The monoisotopic (exact) mass is 631 g/mol. The minimum absolute atomic E-state index is 0.0517. The highest BCUT2D eigenvalue weighted by molar-refractivity contribution is 7.92. The first kappa shape index (κ1) is 32.8. The van der Waals surface area contributed by atoms with Gasteiger partial charge in [0.25, 0.3) is 10.0 Å². The fourth-order valence-electron chi connectivity index (χ4n) is 4.75. The standard InChI is InChI=1S/C35H38ClN3O4S/c1-4-27(3)37-35(41)33(23-28-11-7-5-8-12-28)38(24-29-13-9-6-10-14-29)34(40)25-39(31-19-17-30(36)18-20-31)44(42,43)32-21-15-26(2)16-22-32/h5-22,27,33H,4,23-25H2,1-3H3,(H,37,41)/t27-,33+/m0/s1. The lowest BCUT2D eigenvalue weighted by Crippen LogP contribution is -2.54. The summed E-state index contributed by atoms with van der Waals surface area (Å²) in [5.74, 6) is -0.813. The van der Waals surface area contributed by atoms with E-state index in [1.807, 2.05) is 81.4 Å². The zero-order chi connectivity index (χ0) is 31.7. The molecular formula is C35H38ClN3O4S. The maximum atomic E-state index is 14.4. The van der Waals surface area contributed by atoms with Crippen molar-refractivity contribution in [1.82, 2.24) is 10.2 Å². The largest absolute Gasteiger partial charge is 0.352 e. The second-order valence-corrected chi connectivity index (χ2v) is 13.1. The first-order valence-electron chi connectivity index (χ1n) is 14.6. The number of nitrogens with zero attached hydrogens (tertiary/aromatic N) is 2. The van der Waals surface area contributed by atoms with Crippen molar-refractivity contribution < 1.29 is 18.0 Å². The molecule has 2 amide bonds. The Kier molecular flexibility index (Phi) is 11.2. The predicted molar refractivity (Wildman–Crippen MR) is 176 cm³/mol. The van der Waals surface area contributed by atoms with Crippen LogP contribution in [-0.4, -0.2) is 43.8 Å². The Morgan fingerprint density at radius 2 is 1.39 bits per heavy atom. The molecule has 9 heteroatoms. The Hall–Kier alpha value is -4.14. The number of rotatable bonds is 13. The molecule has 230 valence electrons. The molecule has 0 heterocycles. The second kappa shape index (κ2) is 15.0. The molecule has 4 aromatic rings. The smallest absolute Gasteiger partial charge is 0.264 e. The van der Waals surface area contributed by atoms with E-state index in [-0.39, 0.29) is 35.5 Å². The molecule has 0 saturated carbocycles. The van der Waals surface area contributed by atoms with Crippen molar-refractivity contribution in [3.05, 3.63) is 131 Å². The molecule has 4 rings (SSSR count). The number of sulfonamides is 1. The molecule has 0 aromatic heterocycles. The van der Waals surface area contributed by atoms with Gasteiger partial charge in [-0.25, -0.2) is 8.42 Å². The van der Waals surface area contributed by atoms with Crippen LogP contribution in [0.2, 0.25) is 5.02 Å². The summed E-state index contributed by atoms with van der Waals surface area (Å²) in [6.45, 7) is 5.35. The highest BCUT2D eigenvalue weighted by atomic mass is 35.5. The first-order chi connectivity index (χ1) is 21.1. The number of carbonyl (C=O) groups is 2. The van der Waals surface area contributed by atoms with Gasteiger partial charge >= 0.3 is 0 Å². The van der Waals surface area contributed by atoms with E-state index in [9.17, 15) is 18.0 Å². The average molecular weight is 632 g/mol. The summed E-state index contributed by atoms with van der Waals surface area (Å²) >= 11 is 6.13. The molecule has 4 aromatic carbocycles. The van der Waals surface area contributed by atoms with Gasteiger partial charge in [-0.1, -0.05) is 96.9 Å². The van der Waals surface area contributed by atoms with Crippen molar-refractivity contribution in [1.29, 1.82) is 0 Å². The van der Waals surface area contributed by atoms with Crippen LogP contribution in [0.5, 0.6) is 0 Å². The Morgan fingerprint density at radius 3 is 1.95 bits per heavy atom. The number of nitrogens with one attached hydrogen (secondary N) is 1. The molecule has 0 radical (unpaired) electrons. The lowest BCUT2D eigenvalue weighted by atomic mass is 10.0. The topological polar surface area (TPSA) is 86.8 Å². The van der Waals surface area contributed by atoms with Gasteiger partial charge in [-0.3, -0.25) is 13.9 Å². The Labute approximate surface area is 265 Å². The van der Waals surface area contributed by atoms with E-state index in [1.54, 1.807) is 36.4 Å². The van der Waals surface area contributed by atoms with E-state index < -0.39 is 28.5 Å². The second-order valence-electron chi connectivity index (χ2n) is 10.8. The van der Waals surface area contributed by atoms with Gasteiger partial charge in [0.2, 0.25) is 11.8 Å². The first-order valence-corrected chi connectivity index (χ1v) is 16.4. The van der Waals surface area contributed by atoms with E-state index in [0.717, 1.165) is 27.4 Å². The van der Waals surface area contributed by atoms with Gasteiger partial charge in [0.05, 0.1) is 10.6 Å². The van der Waals surface area contributed by atoms with Gasteiger partial charge in [0.1, 0.15) is 12.6 Å². The summed E-state index contributed by atoms with van der Waals surface area (Å²) in [5.41, 5.74) is 2.88. The van der Waals surface area contributed by atoms with Gasteiger partial charge in [-0.15, -0.1) is 0 Å². The fourth-order valence-corrected chi connectivity index (χ4v) is 6.29. The zero-order valence-corrected chi connectivity index (χ0v) is 26.8. The maximum absolute atomic E-state index is 14.4. The summed E-state index contributed by atoms with van der Waals surface area (Å²) in [6, 6.07) is 30.6. The van der Waals surface area contributed by atoms with Crippen LogP contribution in [0.25, 0.3) is 0 Å². The van der Waals surface area contributed by atoms with Crippen molar-refractivity contribution in [2.75, 3.05) is 10.8 Å². The third-order valence-corrected chi connectivity index (χ3v) is 9.51. The summed E-state index contributed by atoms with van der Waals surface area (Å²) < 4.78 is 29.2. The predicted octanol–water partition coefficient (Wildman–Crippen LogP) is 6.40. The quantitative estimate of drug-likeness (QED) is 0.185. The van der Waals surface area contributed by atoms with Gasteiger partial charge in [-0.2, -0.15) is 0 Å². The van der Waals surface area contributed by atoms with Crippen LogP contribution in [0.3, 0.4) is 0 Å². The molecule has 0 aliphatic rings. The number of carbonyl (C=O) groups excluding carboxylic acids is 2. The van der Waals surface area contributed by atoms with E-state index in [4.69, 9.17) is 11.6 Å². The highest BCUT2D eigenvalue weighted by Gasteiger charge is 2.35. The number of amides is 2. The van der Waals surface area contributed by atoms with Crippen LogP contribution in [0.4, 0.5) is 5.69 Å². The lowest BCUT2D eigenvalue weighted by Gasteiger charge is -2.34. The number of hydrogen-bond acceptors (Lipinski definition) is 4. The van der Waals surface area contributed by atoms with Crippen LogP contribution in [-0.2, 0) is 32.6 Å². The van der Waals surface area contributed by atoms with E-state index in [2.05, 4.69) is 5.32 Å². The highest BCUT2D eigenvalue weighted by Crippen LogP contribution is 2.26. The molecule has 0 spiro atoms. The molecule has 0 unspecified atom stereocenters. The van der Waals surface area contributed by atoms with Crippen molar-refractivity contribution >= 4 is 39.1 Å². The van der Waals surface area contributed by atoms with Crippen molar-refractivity contribution in [3.8, 4) is 0 Å². The zero-order valence-electron chi connectivity index (χ0n) is 25.2. The average Bonchev–Trinajstić information content (AvgIpc) is 3.03. The van der Waals surface area contributed by atoms with Gasteiger partial charge in [-0.05, 0) is 67.8 Å². The Bertz CT molecular complexity index is 1630. The van der Waals surface area contributed by atoms with Gasteiger partial charge < -0.3 is 10.2 Å². The molecule has 0 saturated heterocycles. The van der Waals surface area contributed by atoms with E-state index >= 15 is 0 Å². The summed E-state index contributed by atoms with van der Waals surface area (Å²) in [7, 11) is -4.17. The van der Waals surface area contributed by atoms with Gasteiger partial charge in [0, 0.05) is 24.0 Å². The minimum Gasteiger partial charge on any atom is -0.352 e. The Balaban J connectivity index is 1.79. The molecule has 44 heavy (non-hydrogen) atoms. The number of halogens is 1. The van der Waals surface area contributed by atoms with Crippen LogP contribution in [0.1, 0.15) is 37.0 Å². The Morgan fingerprint density at radius 1 is 0.818 bits per heavy atom. The molecular weight excluding hydrogens is 594 g/mol. The van der Waals surface area contributed by atoms with E-state index in [0.29, 0.717) is 5.02 Å². The lowest BCUT2D eigenvalue weighted by molar-refractivity contribution is -0.140. The third kappa shape index (κ3) is 8.49. The van der Waals surface area contributed by atoms with E-state index in [1.165, 1.54) is 17.0 Å². The number of anilines is 1. The third-order valence-electron chi connectivity index (χ3n) is 7.47. The number of aryl methyl sites for hydroxylation is 1. The van der Waals surface area contributed by atoms with Crippen LogP contribution < -0.4 is 9.62 Å². The maximum Gasteiger partial charge on any atom is 0.264 e. The summed E-state index contributed by atoms with van der Waals surface area (Å²) in [4.78, 5) is 29.8. The van der Waals surface area contributed by atoms with Crippen LogP contribution in [0, 0.1) is 6.92 Å². The van der Waals surface area contributed by atoms with Gasteiger partial charge in [0.15, 0.2) is 0 Å². The molecule has 7 nitrogen and oxygen atoms in total. The normalized spacial score (nSPS) is 12.6. The SMILES string of the molecule is CC[C@H](C)NC(=O)[C@@H](Cc1ccccc1)N(Cc1ccccc1)C(=O)CN(c1ccc(Cl)cc1)S(=O)(=O)c1ccc(C)cc1. The van der Waals surface area contributed by atoms with Crippen molar-refractivity contribution in [2.45, 2.75) is 57.1 Å².